The van der Waals surface area contributed by atoms with Crippen LogP contribution in [0.3, 0.4) is 0 Å². The summed E-state index contributed by atoms with van der Waals surface area (Å²) in [6.45, 7) is 9.46. The first kappa shape index (κ1) is 24.2. The van der Waals surface area contributed by atoms with Crippen LogP contribution in [0.2, 0.25) is 0 Å². The third-order valence-corrected chi connectivity index (χ3v) is 9.21. The van der Waals surface area contributed by atoms with Gasteiger partial charge in [-0.05, 0) is 82.9 Å². The van der Waals surface area contributed by atoms with Crippen molar-refractivity contribution in [1.29, 1.82) is 0 Å². The zero-order valence-electron chi connectivity index (χ0n) is 22.7. The lowest BCUT2D eigenvalue weighted by Crippen LogP contribution is -2.35. The molecule has 2 aliphatic heterocycles. The lowest BCUT2D eigenvalue weighted by Gasteiger charge is -2.47. The van der Waals surface area contributed by atoms with E-state index in [0.29, 0.717) is 0 Å². The SMILES string of the molecule is CC1(C)c2ccccc2N(c2ccccc2)c2cc3c(cc21)N(c1ccc(Br)cc1)c1ccccc1C3(C)C. The van der Waals surface area contributed by atoms with Crippen molar-refractivity contribution in [2.24, 2.45) is 0 Å². The Kier molecular flexibility index (Phi) is 5.34. The Bertz CT molecular complexity index is 1720. The van der Waals surface area contributed by atoms with E-state index in [9.17, 15) is 0 Å². The van der Waals surface area contributed by atoms with Crippen LogP contribution >= 0.6 is 15.9 Å². The number of rotatable bonds is 2. The second kappa shape index (κ2) is 8.59. The van der Waals surface area contributed by atoms with E-state index in [1.54, 1.807) is 0 Å². The van der Waals surface area contributed by atoms with Gasteiger partial charge in [-0.15, -0.1) is 0 Å². The van der Waals surface area contributed by atoms with Crippen molar-refractivity contribution in [3.63, 3.8) is 0 Å². The summed E-state index contributed by atoms with van der Waals surface area (Å²) in [5.41, 5.74) is 12.3. The second-order valence-corrected chi connectivity index (χ2v) is 12.6. The highest BCUT2D eigenvalue weighted by atomic mass is 79.9. The van der Waals surface area contributed by atoms with E-state index in [-0.39, 0.29) is 10.8 Å². The van der Waals surface area contributed by atoms with Gasteiger partial charge in [0, 0.05) is 26.7 Å². The lowest BCUT2D eigenvalue weighted by molar-refractivity contribution is 0.615. The van der Waals surface area contributed by atoms with Gasteiger partial charge in [-0.25, -0.2) is 0 Å². The Labute approximate surface area is 239 Å². The monoisotopic (exact) mass is 570 g/mol. The minimum absolute atomic E-state index is 0.168. The molecule has 0 atom stereocenters. The maximum Gasteiger partial charge on any atom is 0.0507 e. The molecule has 0 saturated carbocycles. The van der Waals surface area contributed by atoms with Crippen LogP contribution in [0.5, 0.6) is 0 Å². The minimum atomic E-state index is -0.170. The molecule has 2 heterocycles. The number of benzene rings is 5. The molecule has 0 fully saturated rings. The van der Waals surface area contributed by atoms with Crippen molar-refractivity contribution in [3.8, 4) is 0 Å². The van der Waals surface area contributed by atoms with Crippen molar-refractivity contribution in [2.45, 2.75) is 38.5 Å². The molecule has 2 aliphatic rings. The van der Waals surface area contributed by atoms with E-state index in [1.165, 1.54) is 50.7 Å². The van der Waals surface area contributed by atoms with Gasteiger partial charge in [-0.2, -0.15) is 0 Å². The molecule has 2 nitrogen and oxygen atoms in total. The first-order valence-electron chi connectivity index (χ1n) is 13.6. The molecule has 0 spiro atoms. The average molecular weight is 572 g/mol. The summed E-state index contributed by atoms with van der Waals surface area (Å²) in [6, 6.07) is 42.1. The van der Waals surface area contributed by atoms with Crippen LogP contribution in [0, 0.1) is 0 Å². The maximum atomic E-state index is 3.64. The van der Waals surface area contributed by atoms with Gasteiger partial charge >= 0.3 is 0 Å². The highest BCUT2D eigenvalue weighted by molar-refractivity contribution is 9.10. The Morgan fingerprint density at radius 3 is 1.33 bits per heavy atom. The van der Waals surface area contributed by atoms with Gasteiger partial charge in [-0.1, -0.05) is 98.2 Å². The van der Waals surface area contributed by atoms with Crippen molar-refractivity contribution in [2.75, 3.05) is 9.80 Å². The number of hydrogen-bond acceptors (Lipinski definition) is 2. The zero-order chi connectivity index (χ0) is 26.9. The molecule has 0 saturated heterocycles. The summed E-state index contributed by atoms with van der Waals surface area (Å²) in [5, 5.41) is 0. The van der Waals surface area contributed by atoms with Gasteiger partial charge in [0.1, 0.15) is 0 Å². The molecule has 0 radical (unpaired) electrons. The number of hydrogen-bond donors (Lipinski definition) is 0. The number of nitrogens with zero attached hydrogens (tertiary/aromatic N) is 2. The van der Waals surface area contributed by atoms with Crippen LogP contribution in [-0.2, 0) is 10.8 Å². The van der Waals surface area contributed by atoms with Gasteiger partial charge in [0.05, 0.1) is 22.7 Å². The van der Waals surface area contributed by atoms with Crippen LogP contribution in [0.1, 0.15) is 49.9 Å². The van der Waals surface area contributed by atoms with Gasteiger partial charge < -0.3 is 9.80 Å². The first-order valence-corrected chi connectivity index (χ1v) is 14.4. The molecule has 5 aromatic carbocycles. The maximum absolute atomic E-state index is 3.64. The van der Waals surface area contributed by atoms with E-state index in [4.69, 9.17) is 0 Å². The quantitative estimate of drug-likeness (QED) is 0.208. The Morgan fingerprint density at radius 2 is 0.846 bits per heavy atom. The van der Waals surface area contributed by atoms with E-state index < -0.39 is 0 Å². The zero-order valence-corrected chi connectivity index (χ0v) is 24.3. The molecular weight excluding hydrogens is 540 g/mol. The predicted octanol–water partition coefficient (Wildman–Crippen LogP) is 10.7. The molecule has 3 heteroatoms. The Balaban J connectivity index is 1.56. The molecule has 0 aromatic heterocycles. The molecule has 0 amide bonds. The summed E-state index contributed by atoms with van der Waals surface area (Å²) in [5.74, 6) is 0. The molecule has 0 N–H and O–H groups in total. The van der Waals surface area contributed by atoms with Crippen molar-refractivity contribution in [3.05, 3.63) is 142 Å². The second-order valence-electron chi connectivity index (χ2n) is 11.7. The van der Waals surface area contributed by atoms with Crippen molar-refractivity contribution in [1.82, 2.24) is 0 Å². The fourth-order valence-electron chi connectivity index (χ4n) is 6.62. The third-order valence-electron chi connectivity index (χ3n) is 8.68. The number of anilines is 6. The van der Waals surface area contributed by atoms with Crippen molar-refractivity contribution >= 4 is 50.1 Å². The standard InChI is InChI=1S/C36H31BrN2/c1-35(2)27-14-8-10-16-31(27)38(25-12-6-5-7-13-25)33-22-30-34(23-29(33)35)39(26-20-18-24(37)19-21-26)32-17-11-9-15-28(32)36(30,3)4/h5-23H,1-4H3. The smallest absolute Gasteiger partial charge is 0.0507 e. The summed E-state index contributed by atoms with van der Waals surface area (Å²) in [6.07, 6.45) is 0. The lowest BCUT2D eigenvalue weighted by atomic mass is 9.69. The minimum Gasteiger partial charge on any atom is -0.310 e. The molecule has 192 valence electrons. The van der Waals surface area contributed by atoms with Crippen LogP contribution in [-0.4, -0.2) is 0 Å². The number of halogens is 1. The third kappa shape index (κ3) is 3.53. The number of fused-ring (bicyclic) bond motifs is 4. The average Bonchev–Trinajstić information content (AvgIpc) is 2.95. The molecular formula is C36H31BrN2. The van der Waals surface area contributed by atoms with Gasteiger partial charge in [0.15, 0.2) is 0 Å². The van der Waals surface area contributed by atoms with E-state index in [2.05, 4.69) is 169 Å². The summed E-state index contributed by atoms with van der Waals surface area (Å²) in [4.78, 5) is 4.91. The molecule has 0 bridgehead atoms. The summed E-state index contributed by atoms with van der Waals surface area (Å²) in [7, 11) is 0. The Hall–Kier alpha value is -3.82. The molecule has 0 aliphatic carbocycles. The molecule has 0 unspecified atom stereocenters. The van der Waals surface area contributed by atoms with Gasteiger partial charge in [-0.3, -0.25) is 0 Å². The summed E-state index contributed by atoms with van der Waals surface area (Å²) < 4.78 is 1.08. The van der Waals surface area contributed by atoms with E-state index in [0.717, 1.165) is 10.2 Å². The number of para-hydroxylation sites is 3. The fraction of sp³-hybridized carbons (Fsp3) is 0.167. The highest BCUT2D eigenvalue weighted by Gasteiger charge is 2.42. The largest absolute Gasteiger partial charge is 0.310 e. The molecule has 5 aromatic rings. The molecule has 7 rings (SSSR count). The fourth-order valence-corrected chi connectivity index (χ4v) is 6.88. The topological polar surface area (TPSA) is 6.48 Å². The van der Waals surface area contributed by atoms with E-state index >= 15 is 0 Å². The Morgan fingerprint density at radius 1 is 0.436 bits per heavy atom. The van der Waals surface area contributed by atoms with Gasteiger partial charge in [0.2, 0.25) is 0 Å². The van der Waals surface area contributed by atoms with Crippen LogP contribution in [0.4, 0.5) is 34.1 Å². The predicted molar refractivity (Wildman–Crippen MR) is 168 cm³/mol. The van der Waals surface area contributed by atoms with Gasteiger partial charge in [0.25, 0.3) is 0 Å². The highest BCUT2D eigenvalue weighted by Crippen LogP contribution is 2.58. The van der Waals surface area contributed by atoms with Crippen LogP contribution in [0.25, 0.3) is 0 Å². The van der Waals surface area contributed by atoms with E-state index in [1.807, 2.05) is 0 Å². The first-order chi connectivity index (χ1) is 18.8. The van der Waals surface area contributed by atoms with Crippen LogP contribution in [0.15, 0.2) is 120 Å². The van der Waals surface area contributed by atoms with Crippen LogP contribution < -0.4 is 9.80 Å². The summed E-state index contributed by atoms with van der Waals surface area (Å²) >= 11 is 3.64. The van der Waals surface area contributed by atoms with Crippen molar-refractivity contribution < 1.29 is 0 Å². The normalized spacial score (nSPS) is 16.1. The molecule has 39 heavy (non-hydrogen) atoms.